The second-order valence-corrected chi connectivity index (χ2v) is 4.08. The molecule has 0 bridgehead atoms. The maximum atomic E-state index is 12.9. The van der Waals surface area contributed by atoms with Crippen LogP contribution in [0.3, 0.4) is 0 Å². The minimum absolute atomic E-state index is 0.00521. The van der Waals surface area contributed by atoms with Gasteiger partial charge in [0.05, 0.1) is 5.02 Å². The van der Waals surface area contributed by atoms with Crippen LogP contribution >= 0.6 is 27.5 Å². The molecular weight excluding hydrogens is 298 g/mol. The van der Waals surface area contributed by atoms with Gasteiger partial charge in [0, 0.05) is 12.1 Å². The molecule has 0 fully saturated rings. The molecule has 1 aromatic carbocycles. The summed E-state index contributed by atoms with van der Waals surface area (Å²) in [6.07, 6.45) is 1.35. The lowest BCUT2D eigenvalue weighted by molar-refractivity contribution is 0.459. The van der Waals surface area contributed by atoms with Crippen LogP contribution in [0, 0.1) is 5.82 Å². The van der Waals surface area contributed by atoms with Gasteiger partial charge in [-0.25, -0.2) is 14.4 Å². The fourth-order valence-electron chi connectivity index (χ4n) is 1.03. The Balaban J connectivity index is 2.24. The summed E-state index contributed by atoms with van der Waals surface area (Å²) in [5.41, 5.74) is 0. The Labute approximate surface area is 104 Å². The average molecular weight is 304 g/mol. The fraction of sp³-hybridized carbons (Fsp3) is 0. The van der Waals surface area contributed by atoms with Crippen LogP contribution in [0.25, 0.3) is 0 Å². The number of ether oxygens (including phenoxy) is 1. The van der Waals surface area contributed by atoms with Crippen molar-refractivity contribution in [2.75, 3.05) is 0 Å². The highest BCUT2D eigenvalue weighted by Crippen LogP contribution is 2.25. The summed E-state index contributed by atoms with van der Waals surface area (Å²) in [4.78, 5) is 7.74. The van der Waals surface area contributed by atoms with Gasteiger partial charge >= 0.3 is 0 Å². The number of hydrogen-bond donors (Lipinski definition) is 0. The summed E-state index contributed by atoms with van der Waals surface area (Å²) in [5.74, 6) is 0.277. The monoisotopic (exact) mass is 302 g/mol. The summed E-state index contributed by atoms with van der Waals surface area (Å²) in [6, 6.07) is 5.68. The van der Waals surface area contributed by atoms with Crippen LogP contribution in [-0.4, -0.2) is 9.97 Å². The molecule has 6 heteroatoms. The molecule has 2 aromatic rings. The van der Waals surface area contributed by atoms with Crippen molar-refractivity contribution in [3.05, 3.63) is 46.0 Å². The molecule has 3 nitrogen and oxygen atoms in total. The zero-order valence-electron chi connectivity index (χ0n) is 7.82. The number of hydrogen-bond acceptors (Lipinski definition) is 3. The molecular formula is C10H5BrClFN2O. The van der Waals surface area contributed by atoms with Crippen LogP contribution in [0.2, 0.25) is 5.02 Å². The fourth-order valence-corrected chi connectivity index (χ4v) is 1.49. The van der Waals surface area contributed by atoms with Gasteiger partial charge in [0.2, 0.25) is 5.88 Å². The molecule has 0 N–H and O–H groups in total. The van der Waals surface area contributed by atoms with E-state index in [4.69, 9.17) is 16.3 Å². The van der Waals surface area contributed by atoms with Gasteiger partial charge < -0.3 is 4.74 Å². The lowest BCUT2D eigenvalue weighted by Crippen LogP contribution is -1.89. The van der Waals surface area contributed by atoms with E-state index in [0.717, 1.165) is 0 Å². The van der Waals surface area contributed by atoms with E-state index in [-0.39, 0.29) is 5.02 Å². The Morgan fingerprint density at radius 2 is 2.06 bits per heavy atom. The predicted molar refractivity (Wildman–Crippen MR) is 61.2 cm³/mol. The van der Waals surface area contributed by atoms with Crippen molar-refractivity contribution < 1.29 is 9.13 Å². The molecule has 0 aliphatic carbocycles. The van der Waals surface area contributed by atoms with Crippen LogP contribution in [-0.2, 0) is 0 Å². The number of rotatable bonds is 2. The predicted octanol–water partition coefficient (Wildman–Crippen LogP) is 3.82. The SMILES string of the molecule is Fc1ccc(Oc2cc(Br)ncn2)cc1Cl. The molecule has 0 saturated carbocycles. The molecule has 1 heterocycles. The van der Waals surface area contributed by atoms with Gasteiger partial charge in [-0.05, 0) is 28.1 Å². The van der Waals surface area contributed by atoms with Crippen molar-refractivity contribution in [1.82, 2.24) is 9.97 Å². The number of benzene rings is 1. The molecule has 82 valence electrons. The lowest BCUT2D eigenvalue weighted by atomic mass is 10.3. The van der Waals surface area contributed by atoms with Crippen LogP contribution < -0.4 is 4.74 Å². The Morgan fingerprint density at radius 3 is 2.75 bits per heavy atom. The van der Waals surface area contributed by atoms with E-state index >= 15 is 0 Å². The quantitative estimate of drug-likeness (QED) is 0.791. The summed E-state index contributed by atoms with van der Waals surface area (Å²) in [5, 5.41) is 0.00521. The van der Waals surface area contributed by atoms with Crippen LogP contribution in [0.4, 0.5) is 4.39 Å². The van der Waals surface area contributed by atoms with Gasteiger partial charge in [-0.3, -0.25) is 0 Å². The van der Waals surface area contributed by atoms with Gasteiger partial charge in [-0.1, -0.05) is 11.6 Å². The van der Waals surface area contributed by atoms with E-state index < -0.39 is 5.82 Å². The van der Waals surface area contributed by atoms with Crippen molar-refractivity contribution in [2.24, 2.45) is 0 Å². The molecule has 0 aliphatic heterocycles. The molecule has 1 aromatic heterocycles. The molecule has 0 amide bonds. The number of nitrogens with zero attached hydrogens (tertiary/aromatic N) is 2. The van der Waals surface area contributed by atoms with Gasteiger partial charge in [0.15, 0.2) is 0 Å². The summed E-state index contributed by atoms with van der Waals surface area (Å²) in [6.45, 7) is 0. The normalized spacial score (nSPS) is 10.2. The third-order valence-corrected chi connectivity index (χ3v) is 2.45. The molecule has 16 heavy (non-hydrogen) atoms. The Hall–Kier alpha value is -1.20. The maximum Gasteiger partial charge on any atom is 0.223 e. The smallest absolute Gasteiger partial charge is 0.223 e. The largest absolute Gasteiger partial charge is 0.439 e. The first-order valence-electron chi connectivity index (χ1n) is 4.25. The minimum atomic E-state index is -0.488. The summed E-state index contributed by atoms with van der Waals surface area (Å²) >= 11 is 8.80. The highest BCUT2D eigenvalue weighted by molar-refractivity contribution is 9.10. The van der Waals surface area contributed by atoms with E-state index in [0.29, 0.717) is 16.2 Å². The molecule has 0 spiro atoms. The molecule has 0 radical (unpaired) electrons. The average Bonchev–Trinajstić information content (AvgIpc) is 2.24. The van der Waals surface area contributed by atoms with Crippen molar-refractivity contribution in [1.29, 1.82) is 0 Å². The van der Waals surface area contributed by atoms with Gasteiger partial charge in [-0.15, -0.1) is 0 Å². The molecule has 2 rings (SSSR count). The first kappa shape index (κ1) is 11.3. The summed E-state index contributed by atoms with van der Waals surface area (Å²) < 4.78 is 18.8. The van der Waals surface area contributed by atoms with E-state index in [1.807, 2.05) is 0 Å². The Bertz CT molecular complexity index is 524. The van der Waals surface area contributed by atoms with Gasteiger partial charge in [-0.2, -0.15) is 0 Å². The first-order chi connectivity index (χ1) is 7.65. The van der Waals surface area contributed by atoms with Crippen LogP contribution in [0.15, 0.2) is 35.2 Å². The van der Waals surface area contributed by atoms with Gasteiger partial charge in [0.1, 0.15) is 22.5 Å². The van der Waals surface area contributed by atoms with E-state index in [1.165, 1.54) is 24.5 Å². The highest BCUT2D eigenvalue weighted by atomic mass is 79.9. The molecule has 0 unspecified atom stereocenters. The maximum absolute atomic E-state index is 12.9. The highest BCUT2D eigenvalue weighted by Gasteiger charge is 2.04. The zero-order chi connectivity index (χ0) is 11.5. The molecule has 0 aliphatic rings. The minimum Gasteiger partial charge on any atom is -0.439 e. The Morgan fingerprint density at radius 1 is 1.25 bits per heavy atom. The van der Waals surface area contributed by atoms with Crippen molar-refractivity contribution >= 4 is 27.5 Å². The standard InChI is InChI=1S/C10H5BrClFN2O/c11-9-4-10(15-5-14-9)16-6-1-2-8(13)7(12)3-6/h1-5H. The summed E-state index contributed by atoms with van der Waals surface area (Å²) in [7, 11) is 0. The van der Waals surface area contributed by atoms with Crippen LogP contribution in [0.5, 0.6) is 11.6 Å². The first-order valence-corrected chi connectivity index (χ1v) is 5.43. The second kappa shape index (κ2) is 4.76. The lowest BCUT2D eigenvalue weighted by Gasteiger charge is -2.04. The Kier molecular flexibility index (Phi) is 3.36. The van der Waals surface area contributed by atoms with Gasteiger partial charge in [0.25, 0.3) is 0 Å². The number of halogens is 3. The van der Waals surface area contributed by atoms with E-state index in [2.05, 4.69) is 25.9 Å². The van der Waals surface area contributed by atoms with Crippen molar-refractivity contribution in [3.63, 3.8) is 0 Å². The van der Waals surface area contributed by atoms with E-state index in [9.17, 15) is 4.39 Å². The third-order valence-electron chi connectivity index (χ3n) is 1.72. The van der Waals surface area contributed by atoms with Crippen molar-refractivity contribution in [3.8, 4) is 11.6 Å². The zero-order valence-corrected chi connectivity index (χ0v) is 10.2. The second-order valence-electron chi connectivity index (χ2n) is 2.86. The molecule has 0 saturated heterocycles. The molecule has 0 atom stereocenters. The third kappa shape index (κ3) is 2.68. The van der Waals surface area contributed by atoms with Crippen LogP contribution in [0.1, 0.15) is 0 Å². The number of aromatic nitrogens is 2. The van der Waals surface area contributed by atoms with E-state index in [1.54, 1.807) is 6.07 Å². The topological polar surface area (TPSA) is 35.0 Å². The van der Waals surface area contributed by atoms with Crippen molar-refractivity contribution in [2.45, 2.75) is 0 Å².